The summed E-state index contributed by atoms with van der Waals surface area (Å²) in [6.07, 6.45) is 2.34. The molecule has 2 N–H and O–H groups in total. The van der Waals surface area contributed by atoms with E-state index in [2.05, 4.69) is 10.6 Å². The zero-order valence-electron chi connectivity index (χ0n) is 13.1. The zero-order chi connectivity index (χ0) is 16.4. The quantitative estimate of drug-likeness (QED) is 0.777. The fourth-order valence-electron chi connectivity index (χ4n) is 3.10. The van der Waals surface area contributed by atoms with Gasteiger partial charge in [0.25, 0.3) is 0 Å². The van der Waals surface area contributed by atoms with Crippen LogP contribution in [0.5, 0.6) is 0 Å². The standard InChI is InChI=1S/C16H19Cl2N3O2.ClH/c17-13-2-1-11(9-14(13)18)21-8-5-12(16(21)23)15(22)20-10-3-6-19-7-4-10;/h1-2,9-10,12,19H,3-8H2,(H,20,22);1H. The Morgan fingerprint density at radius 1 is 1.17 bits per heavy atom. The summed E-state index contributed by atoms with van der Waals surface area (Å²) in [4.78, 5) is 26.6. The Labute approximate surface area is 157 Å². The number of piperidine rings is 1. The smallest absolute Gasteiger partial charge is 0.239 e. The molecule has 2 aliphatic heterocycles. The Morgan fingerprint density at radius 2 is 1.88 bits per heavy atom. The Kier molecular flexibility index (Phi) is 6.75. The maximum absolute atomic E-state index is 12.6. The molecule has 1 atom stereocenters. The van der Waals surface area contributed by atoms with Crippen molar-refractivity contribution >= 4 is 53.1 Å². The summed E-state index contributed by atoms with van der Waals surface area (Å²) in [5.41, 5.74) is 0.682. The van der Waals surface area contributed by atoms with Crippen LogP contribution < -0.4 is 15.5 Å². The maximum atomic E-state index is 12.6. The van der Waals surface area contributed by atoms with Crippen molar-refractivity contribution in [1.29, 1.82) is 0 Å². The van der Waals surface area contributed by atoms with Crippen molar-refractivity contribution < 1.29 is 9.59 Å². The van der Waals surface area contributed by atoms with Crippen molar-refractivity contribution in [3.05, 3.63) is 28.2 Å². The third-order valence-corrected chi connectivity index (χ3v) is 5.16. The van der Waals surface area contributed by atoms with Crippen LogP contribution in [0.25, 0.3) is 0 Å². The van der Waals surface area contributed by atoms with Crippen LogP contribution in [0.1, 0.15) is 19.3 Å². The number of carbonyl (C=O) groups excluding carboxylic acids is 2. The van der Waals surface area contributed by atoms with Crippen LogP contribution in [0.4, 0.5) is 5.69 Å². The molecule has 1 aromatic carbocycles. The SMILES string of the molecule is Cl.O=C(NC1CCNCC1)C1CCN(c2ccc(Cl)c(Cl)c2)C1=O. The second kappa shape index (κ2) is 8.39. The Hall–Kier alpha value is -1.01. The van der Waals surface area contributed by atoms with E-state index in [-0.39, 0.29) is 30.3 Å². The third-order valence-electron chi connectivity index (χ3n) is 4.42. The summed E-state index contributed by atoms with van der Waals surface area (Å²) in [7, 11) is 0. The van der Waals surface area contributed by atoms with Crippen molar-refractivity contribution in [3.8, 4) is 0 Å². The van der Waals surface area contributed by atoms with Crippen LogP contribution >= 0.6 is 35.6 Å². The first-order valence-corrected chi connectivity index (χ1v) is 8.59. The van der Waals surface area contributed by atoms with E-state index >= 15 is 0 Å². The molecule has 3 rings (SSSR count). The number of amides is 2. The molecule has 1 aromatic rings. The lowest BCUT2D eigenvalue weighted by molar-refractivity contribution is -0.132. The molecule has 5 nitrogen and oxygen atoms in total. The fraction of sp³-hybridized carbons (Fsp3) is 0.500. The first kappa shape index (κ1) is 19.3. The highest BCUT2D eigenvalue weighted by molar-refractivity contribution is 6.42. The highest BCUT2D eigenvalue weighted by atomic mass is 35.5. The summed E-state index contributed by atoms with van der Waals surface area (Å²) in [6, 6.07) is 5.24. The van der Waals surface area contributed by atoms with Crippen LogP contribution in [0, 0.1) is 5.92 Å². The molecular formula is C16H20Cl3N3O2. The first-order valence-electron chi connectivity index (χ1n) is 7.84. The molecule has 1 unspecified atom stereocenters. The van der Waals surface area contributed by atoms with E-state index < -0.39 is 5.92 Å². The summed E-state index contributed by atoms with van der Waals surface area (Å²) in [6.45, 7) is 2.32. The average Bonchev–Trinajstić information content (AvgIpc) is 2.93. The number of rotatable bonds is 3. The summed E-state index contributed by atoms with van der Waals surface area (Å²) in [5, 5.41) is 7.11. The largest absolute Gasteiger partial charge is 0.353 e. The van der Waals surface area contributed by atoms with Gasteiger partial charge in [0.1, 0.15) is 5.92 Å². The molecule has 0 aliphatic carbocycles. The van der Waals surface area contributed by atoms with Gasteiger partial charge < -0.3 is 15.5 Å². The van der Waals surface area contributed by atoms with Gasteiger partial charge in [0.15, 0.2) is 0 Å². The Bertz CT molecular complexity index is 621. The van der Waals surface area contributed by atoms with Crippen molar-refractivity contribution in [2.75, 3.05) is 24.5 Å². The molecule has 2 saturated heterocycles. The topological polar surface area (TPSA) is 61.4 Å². The van der Waals surface area contributed by atoms with Crippen molar-refractivity contribution in [1.82, 2.24) is 10.6 Å². The summed E-state index contributed by atoms with van der Waals surface area (Å²) >= 11 is 11.9. The Balaban J connectivity index is 0.00000208. The molecule has 24 heavy (non-hydrogen) atoms. The molecule has 2 fully saturated rings. The minimum Gasteiger partial charge on any atom is -0.353 e. The van der Waals surface area contributed by atoms with E-state index in [0.717, 1.165) is 25.9 Å². The van der Waals surface area contributed by atoms with Gasteiger partial charge in [-0.25, -0.2) is 0 Å². The van der Waals surface area contributed by atoms with Gasteiger partial charge in [-0.1, -0.05) is 23.2 Å². The van der Waals surface area contributed by atoms with Gasteiger partial charge >= 0.3 is 0 Å². The van der Waals surface area contributed by atoms with Gasteiger partial charge in [0.2, 0.25) is 11.8 Å². The van der Waals surface area contributed by atoms with E-state index in [9.17, 15) is 9.59 Å². The first-order chi connectivity index (χ1) is 11.1. The number of nitrogens with one attached hydrogen (secondary N) is 2. The van der Waals surface area contributed by atoms with Gasteiger partial charge in [-0.2, -0.15) is 0 Å². The van der Waals surface area contributed by atoms with Crippen LogP contribution in [0.2, 0.25) is 10.0 Å². The van der Waals surface area contributed by atoms with Crippen molar-refractivity contribution in [2.24, 2.45) is 5.92 Å². The molecule has 2 heterocycles. The molecule has 0 aromatic heterocycles. The van der Waals surface area contributed by atoms with Gasteiger partial charge in [-0.15, -0.1) is 12.4 Å². The van der Waals surface area contributed by atoms with E-state index in [0.29, 0.717) is 28.7 Å². The summed E-state index contributed by atoms with van der Waals surface area (Å²) < 4.78 is 0. The average molecular weight is 393 g/mol. The maximum Gasteiger partial charge on any atom is 0.239 e. The molecule has 0 spiro atoms. The lowest BCUT2D eigenvalue weighted by atomic mass is 10.0. The van der Waals surface area contributed by atoms with E-state index in [1.165, 1.54) is 0 Å². The zero-order valence-corrected chi connectivity index (χ0v) is 15.4. The van der Waals surface area contributed by atoms with E-state index in [1.807, 2.05) is 0 Å². The second-order valence-electron chi connectivity index (χ2n) is 5.96. The molecule has 2 amide bonds. The fourth-order valence-corrected chi connectivity index (χ4v) is 3.39. The predicted octanol–water partition coefficient (Wildman–Crippen LogP) is 2.64. The molecule has 0 bridgehead atoms. The minimum absolute atomic E-state index is 0. The molecule has 0 saturated carbocycles. The highest BCUT2D eigenvalue weighted by Crippen LogP contribution is 2.31. The van der Waals surface area contributed by atoms with Gasteiger partial charge in [0.05, 0.1) is 10.0 Å². The van der Waals surface area contributed by atoms with Gasteiger partial charge in [0, 0.05) is 18.3 Å². The van der Waals surface area contributed by atoms with Gasteiger partial charge in [-0.3, -0.25) is 9.59 Å². The number of hydrogen-bond acceptors (Lipinski definition) is 3. The lowest BCUT2D eigenvalue weighted by Gasteiger charge is -2.25. The van der Waals surface area contributed by atoms with Gasteiger partial charge in [-0.05, 0) is 50.6 Å². The monoisotopic (exact) mass is 391 g/mol. The molecule has 132 valence electrons. The van der Waals surface area contributed by atoms with Crippen LogP contribution in [0.15, 0.2) is 18.2 Å². The van der Waals surface area contributed by atoms with Crippen LogP contribution in [-0.4, -0.2) is 37.5 Å². The number of nitrogens with zero attached hydrogens (tertiary/aromatic N) is 1. The number of benzene rings is 1. The lowest BCUT2D eigenvalue weighted by Crippen LogP contribution is -2.46. The van der Waals surface area contributed by atoms with E-state index in [4.69, 9.17) is 23.2 Å². The molecule has 0 radical (unpaired) electrons. The molecule has 8 heteroatoms. The van der Waals surface area contributed by atoms with Crippen LogP contribution in [-0.2, 0) is 9.59 Å². The minimum atomic E-state index is -0.612. The predicted molar refractivity (Wildman–Crippen MR) is 98.2 cm³/mol. The molecular weight excluding hydrogens is 373 g/mol. The normalized spacial score (nSPS) is 21.5. The van der Waals surface area contributed by atoms with Crippen molar-refractivity contribution in [2.45, 2.75) is 25.3 Å². The van der Waals surface area contributed by atoms with E-state index in [1.54, 1.807) is 23.1 Å². The third kappa shape index (κ3) is 4.14. The number of hydrogen-bond donors (Lipinski definition) is 2. The Morgan fingerprint density at radius 3 is 2.54 bits per heavy atom. The number of anilines is 1. The van der Waals surface area contributed by atoms with Crippen LogP contribution in [0.3, 0.4) is 0 Å². The summed E-state index contributed by atoms with van der Waals surface area (Å²) in [5.74, 6) is -0.946. The number of halogens is 3. The highest BCUT2D eigenvalue weighted by Gasteiger charge is 2.38. The second-order valence-corrected chi connectivity index (χ2v) is 6.78. The van der Waals surface area contributed by atoms with Crippen molar-refractivity contribution in [3.63, 3.8) is 0 Å². The molecule has 2 aliphatic rings. The number of carbonyl (C=O) groups is 2.